The first kappa shape index (κ1) is 11.0. The Labute approximate surface area is 102 Å². The third kappa shape index (κ3) is 1.56. The first-order chi connectivity index (χ1) is 8.02. The molecular formula is C14H19FN2. The summed E-state index contributed by atoms with van der Waals surface area (Å²) in [4.78, 5) is 2.39. The lowest BCUT2D eigenvalue weighted by Crippen LogP contribution is -2.34. The molecule has 2 aliphatic rings. The van der Waals surface area contributed by atoms with E-state index in [1.54, 1.807) is 12.1 Å². The Morgan fingerprint density at radius 3 is 2.12 bits per heavy atom. The summed E-state index contributed by atoms with van der Waals surface area (Å²) in [5, 5.41) is 3.50. The van der Waals surface area contributed by atoms with E-state index in [4.69, 9.17) is 0 Å². The summed E-state index contributed by atoms with van der Waals surface area (Å²) >= 11 is 0. The number of anilines is 1. The van der Waals surface area contributed by atoms with Gasteiger partial charge in [0.1, 0.15) is 5.82 Å². The zero-order chi connectivity index (χ0) is 12.1. The van der Waals surface area contributed by atoms with Crippen LogP contribution in [-0.2, 0) is 0 Å². The van der Waals surface area contributed by atoms with Gasteiger partial charge >= 0.3 is 0 Å². The number of hydrogen-bond acceptors (Lipinski definition) is 2. The SMILES string of the molecule is C[C@@]12CNC[C@]1(C)CN(c1ccc(F)cc1)C2. The molecule has 0 aromatic heterocycles. The molecule has 2 fully saturated rings. The van der Waals surface area contributed by atoms with Gasteiger partial charge in [-0.2, -0.15) is 0 Å². The van der Waals surface area contributed by atoms with E-state index in [1.807, 2.05) is 12.1 Å². The maximum atomic E-state index is 12.9. The molecule has 1 aromatic rings. The van der Waals surface area contributed by atoms with Crippen LogP contribution in [0.3, 0.4) is 0 Å². The monoisotopic (exact) mass is 234 g/mol. The highest BCUT2D eigenvalue weighted by molar-refractivity contribution is 5.49. The molecule has 2 aliphatic heterocycles. The highest BCUT2D eigenvalue weighted by Crippen LogP contribution is 2.49. The topological polar surface area (TPSA) is 15.3 Å². The van der Waals surface area contributed by atoms with E-state index in [9.17, 15) is 4.39 Å². The standard InChI is InChI=1S/C14H19FN2/c1-13-7-16-8-14(13,2)10-17(9-13)12-5-3-11(15)4-6-12/h3-6,16H,7-10H2,1-2H3/t13-,14+. The van der Waals surface area contributed by atoms with E-state index >= 15 is 0 Å². The number of benzene rings is 1. The van der Waals surface area contributed by atoms with Crippen LogP contribution in [0.5, 0.6) is 0 Å². The van der Waals surface area contributed by atoms with Gasteiger partial charge in [-0.1, -0.05) is 13.8 Å². The Bertz CT molecular complexity index is 412. The molecule has 0 unspecified atom stereocenters. The molecule has 3 rings (SSSR count). The first-order valence-corrected chi connectivity index (χ1v) is 6.24. The van der Waals surface area contributed by atoms with Crippen LogP contribution in [0.4, 0.5) is 10.1 Å². The van der Waals surface area contributed by atoms with Gasteiger partial charge in [0.25, 0.3) is 0 Å². The van der Waals surface area contributed by atoms with E-state index in [0.29, 0.717) is 10.8 Å². The van der Waals surface area contributed by atoms with E-state index in [1.165, 1.54) is 0 Å². The summed E-state index contributed by atoms with van der Waals surface area (Å²) in [6, 6.07) is 6.87. The molecule has 0 amide bonds. The zero-order valence-electron chi connectivity index (χ0n) is 10.5. The van der Waals surface area contributed by atoms with Crippen LogP contribution in [0, 0.1) is 16.6 Å². The summed E-state index contributed by atoms with van der Waals surface area (Å²) in [5.74, 6) is -0.160. The van der Waals surface area contributed by atoms with Gasteiger partial charge in [0, 0.05) is 42.7 Å². The van der Waals surface area contributed by atoms with E-state index in [0.717, 1.165) is 31.9 Å². The largest absolute Gasteiger partial charge is 0.370 e. The second-order valence-electron chi connectivity index (χ2n) is 6.06. The van der Waals surface area contributed by atoms with E-state index < -0.39 is 0 Å². The van der Waals surface area contributed by atoms with Gasteiger partial charge in [-0.3, -0.25) is 0 Å². The van der Waals surface area contributed by atoms with Crippen molar-refractivity contribution < 1.29 is 4.39 Å². The van der Waals surface area contributed by atoms with Crippen LogP contribution in [0.15, 0.2) is 24.3 Å². The van der Waals surface area contributed by atoms with Crippen LogP contribution in [0.25, 0.3) is 0 Å². The van der Waals surface area contributed by atoms with Crippen LogP contribution in [0.1, 0.15) is 13.8 Å². The van der Waals surface area contributed by atoms with Crippen molar-refractivity contribution in [2.45, 2.75) is 13.8 Å². The third-order valence-corrected chi connectivity index (χ3v) is 4.76. The lowest BCUT2D eigenvalue weighted by atomic mass is 9.71. The normalized spacial score (nSPS) is 36.3. The fourth-order valence-electron chi connectivity index (χ4n) is 3.27. The number of fused-ring (bicyclic) bond motifs is 1. The number of nitrogens with zero attached hydrogens (tertiary/aromatic N) is 1. The van der Waals surface area contributed by atoms with Crippen molar-refractivity contribution in [1.82, 2.24) is 5.32 Å². The summed E-state index contributed by atoms with van der Waals surface area (Å²) in [5.41, 5.74) is 1.81. The van der Waals surface area contributed by atoms with E-state index in [2.05, 4.69) is 24.1 Å². The van der Waals surface area contributed by atoms with Crippen LogP contribution in [-0.4, -0.2) is 26.2 Å². The highest BCUT2D eigenvalue weighted by atomic mass is 19.1. The Morgan fingerprint density at radius 1 is 1.06 bits per heavy atom. The van der Waals surface area contributed by atoms with Gasteiger partial charge in [-0.05, 0) is 24.3 Å². The molecular weight excluding hydrogens is 215 g/mol. The van der Waals surface area contributed by atoms with Crippen molar-refractivity contribution in [3.05, 3.63) is 30.1 Å². The second kappa shape index (κ2) is 3.45. The van der Waals surface area contributed by atoms with Crippen molar-refractivity contribution in [1.29, 1.82) is 0 Å². The van der Waals surface area contributed by atoms with Gasteiger partial charge < -0.3 is 10.2 Å². The molecule has 0 radical (unpaired) electrons. The lowest BCUT2D eigenvalue weighted by Gasteiger charge is -2.30. The fourth-order valence-corrected chi connectivity index (χ4v) is 3.27. The van der Waals surface area contributed by atoms with Crippen molar-refractivity contribution in [2.24, 2.45) is 10.8 Å². The quantitative estimate of drug-likeness (QED) is 0.802. The molecule has 1 aromatic carbocycles. The molecule has 2 heterocycles. The number of nitrogens with one attached hydrogen (secondary N) is 1. The minimum absolute atomic E-state index is 0.160. The molecule has 2 atom stereocenters. The maximum absolute atomic E-state index is 12.9. The average molecular weight is 234 g/mol. The van der Waals surface area contributed by atoms with E-state index in [-0.39, 0.29) is 5.82 Å². The molecule has 2 nitrogen and oxygen atoms in total. The smallest absolute Gasteiger partial charge is 0.123 e. The summed E-state index contributed by atoms with van der Waals surface area (Å²) < 4.78 is 12.9. The Hall–Kier alpha value is -1.09. The molecule has 0 bridgehead atoms. The van der Waals surface area contributed by atoms with Gasteiger partial charge in [0.15, 0.2) is 0 Å². The van der Waals surface area contributed by atoms with Gasteiger partial charge in [-0.25, -0.2) is 4.39 Å². The van der Waals surface area contributed by atoms with Crippen LogP contribution < -0.4 is 10.2 Å². The lowest BCUT2D eigenvalue weighted by molar-refractivity contribution is 0.212. The average Bonchev–Trinajstić information content (AvgIpc) is 2.67. The minimum atomic E-state index is -0.160. The first-order valence-electron chi connectivity index (χ1n) is 6.24. The Morgan fingerprint density at radius 2 is 1.59 bits per heavy atom. The molecule has 1 N–H and O–H groups in total. The molecule has 0 spiro atoms. The van der Waals surface area contributed by atoms with Gasteiger partial charge in [0.2, 0.25) is 0 Å². The molecule has 0 saturated carbocycles. The maximum Gasteiger partial charge on any atom is 0.123 e. The number of rotatable bonds is 1. The van der Waals surface area contributed by atoms with Crippen molar-refractivity contribution in [3.8, 4) is 0 Å². The van der Waals surface area contributed by atoms with Crippen molar-refractivity contribution in [2.75, 3.05) is 31.1 Å². The summed E-state index contributed by atoms with van der Waals surface area (Å²) in [6.07, 6.45) is 0. The van der Waals surface area contributed by atoms with Crippen LogP contribution >= 0.6 is 0 Å². The van der Waals surface area contributed by atoms with Gasteiger partial charge in [-0.15, -0.1) is 0 Å². The Kier molecular flexibility index (Phi) is 2.24. The predicted molar refractivity (Wildman–Crippen MR) is 67.7 cm³/mol. The zero-order valence-corrected chi connectivity index (χ0v) is 10.5. The summed E-state index contributed by atoms with van der Waals surface area (Å²) in [6.45, 7) is 9.00. The number of halogens is 1. The van der Waals surface area contributed by atoms with Crippen molar-refractivity contribution >= 4 is 5.69 Å². The fraction of sp³-hybridized carbons (Fsp3) is 0.571. The molecule has 2 saturated heterocycles. The summed E-state index contributed by atoms with van der Waals surface area (Å²) in [7, 11) is 0. The molecule has 17 heavy (non-hydrogen) atoms. The molecule has 92 valence electrons. The Balaban J connectivity index is 1.87. The third-order valence-electron chi connectivity index (χ3n) is 4.76. The highest BCUT2D eigenvalue weighted by Gasteiger charge is 2.54. The second-order valence-corrected chi connectivity index (χ2v) is 6.06. The van der Waals surface area contributed by atoms with Crippen LogP contribution in [0.2, 0.25) is 0 Å². The number of hydrogen-bond donors (Lipinski definition) is 1. The minimum Gasteiger partial charge on any atom is -0.370 e. The molecule has 0 aliphatic carbocycles. The van der Waals surface area contributed by atoms with Gasteiger partial charge in [0.05, 0.1) is 0 Å². The molecule has 3 heteroatoms. The van der Waals surface area contributed by atoms with Crippen molar-refractivity contribution in [3.63, 3.8) is 0 Å². The predicted octanol–water partition coefficient (Wildman–Crippen LogP) is 2.26.